The first-order valence-electron chi connectivity index (χ1n) is 5.77. The first kappa shape index (κ1) is 14.2. The minimum atomic E-state index is -3.43. The molecule has 6 heteroatoms. The van der Waals surface area contributed by atoms with Crippen LogP contribution < -0.4 is 0 Å². The van der Waals surface area contributed by atoms with Crippen LogP contribution in [0.2, 0.25) is 0 Å². The van der Waals surface area contributed by atoms with Crippen molar-refractivity contribution >= 4 is 32.1 Å². The maximum absolute atomic E-state index is 12.0. The normalized spacial score (nSPS) is 29.5. The Bertz CT molecular complexity index is 647. The van der Waals surface area contributed by atoms with Crippen molar-refractivity contribution in [1.82, 2.24) is 0 Å². The molecule has 0 N–H and O–H groups in total. The van der Waals surface area contributed by atoms with Gasteiger partial charge in [-0.15, -0.1) is 0 Å². The molecule has 1 aromatic carbocycles. The van der Waals surface area contributed by atoms with Gasteiger partial charge in [0.25, 0.3) is 0 Å². The van der Waals surface area contributed by atoms with Gasteiger partial charge >= 0.3 is 0 Å². The fraction of sp³-hybridized carbons (Fsp3) is 0.385. The second kappa shape index (κ2) is 4.73. The van der Waals surface area contributed by atoms with Crippen LogP contribution in [0.1, 0.15) is 18.4 Å². The minimum Gasteiger partial charge on any atom is -0.302 e. The molecule has 0 bridgehead atoms. The third kappa shape index (κ3) is 2.11. The summed E-state index contributed by atoms with van der Waals surface area (Å²) in [6.45, 7) is 1.53. The Balaban J connectivity index is 2.49. The van der Waals surface area contributed by atoms with Crippen LogP contribution in [-0.4, -0.2) is 25.7 Å². The largest absolute Gasteiger partial charge is 0.302 e. The highest BCUT2D eigenvalue weighted by atomic mass is 79.9. The molecule has 0 heterocycles. The van der Waals surface area contributed by atoms with Crippen LogP contribution >= 0.6 is 15.9 Å². The molecular weight excluding hydrogens is 330 g/mol. The third-order valence-corrected chi connectivity index (χ3v) is 6.36. The number of carbonyl (C=O) groups excluding carboxylic acids is 1. The van der Waals surface area contributed by atoms with Crippen LogP contribution in [0.25, 0.3) is 0 Å². The first-order valence-corrected chi connectivity index (χ1v) is 8.28. The molecule has 0 aromatic heterocycles. The average molecular weight is 342 g/mol. The number of hydrogen-bond acceptors (Lipinski definition) is 4. The Morgan fingerprint density at radius 3 is 2.42 bits per heavy atom. The molecule has 2 rings (SSSR count). The number of sulfone groups is 1. The highest BCUT2D eigenvalue weighted by Gasteiger charge is 2.72. The molecule has 3 atom stereocenters. The number of nitriles is 1. The lowest BCUT2D eigenvalue weighted by Crippen LogP contribution is -2.17. The second-order valence-corrected chi connectivity index (χ2v) is 7.89. The number of carbonyl (C=O) groups is 1. The molecule has 0 amide bonds. The van der Waals surface area contributed by atoms with Crippen LogP contribution in [0.15, 0.2) is 28.7 Å². The predicted octanol–water partition coefficient (Wildman–Crippen LogP) is 2.06. The molecular formula is C13H12BrNO3S. The van der Waals surface area contributed by atoms with Crippen molar-refractivity contribution in [2.75, 3.05) is 5.75 Å². The van der Waals surface area contributed by atoms with Gasteiger partial charge in [0.1, 0.15) is 11.7 Å². The van der Waals surface area contributed by atoms with Crippen LogP contribution in [-0.2, 0) is 14.6 Å². The number of benzene rings is 1. The van der Waals surface area contributed by atoms with E-state index in [2.05, 4.69) is 15.9 Å². The summed E-state index contributed by atoms with van der Waals surface area (Å²) in [7, 11) is -3.43. The molecule has 1 saturated carbocycles. The minimum absolute atomic E-state index is 0.0675. The van der Waals surface area contributed by atoms with Gasteiger partial charge in [-0.25, -0.2) is 8.42 Å². The Labute approximate surface area is 120 Å². The number of aldehydes is 1. The number of rotatable bonds is 4. The van der Waals surface area contributed by atoms with Crippen molar-refractivity contribution in [1.29, 1.82) is 5.26 Å². The van der Waals surface area contributed by atoms with Crippen molar-refractivity contribution in [3.05, 3.63) is 34.3 Å². The van der Waals surface area contributed by atoms with E-state index in [1.54, 1.807) is 24.3 Å². The summed E-state index contributed by atoms with van der Waals surface area (Å²) in [5.74, 6) is -0.629. The fourth-order valence-corrected chi connectivity index (χ4v) is 4.67. The Kier molecular flexibility index (Phi) is 3.54. The summed E-state index contributed by atoms with van der Waals surface area (Å²) in [6, 6.07) is 8.94. The third-order valence-electron chi connectivity index (χ3n) is 3.59. The van der Waals surface area contributed by atoms with Gasteiger partial charge in [-0.1, -0.05) is 35.0 Å². The van der Waals surface area contributed by atoms with Crippen LogP contribution in [0.4, 0.5) is 0 Å². The van der Waals surface area contributed by atoms with Crippen LogP contribution in [0.5, 0.6) is 0 Å². The van der Waals surface area contributed by atoms with Crippen molar-refractivity contribution in [2.24, 2.45) is 5.41 Å². The Morgan fingerprint density at radius 1 is 1.42 bits per heavy atom. The SMILES string of the molecule is CCS(=O)(=O)[C@H]1[C@H](c2ccc(Br)cc2)[C@@]1(C#N)C=O. The smallest absolute Gasteiger partial charge is 0.155 e. The maximum atomic E-state index is 12.0. The van der Waals surface area contributed by atoms with E-state index in [-0.39, 0.29) is 5.75 Å². The maximum Gasteiger partial charge on any atom is 0.155 e. The summed E-state index contributed by atoms with van der Waals surface area (Å²) in [5.41, 5.74) is -0.721. The van der Waals surface area contributed by atoms with E-state index in [0.717, 1.165) is 4.47 Å². The molecule has 100 valence electrons. The average Bonchev–Trinajstić information content (AvgIpc) is 3.10. The van der Waals surface area contributed by atoms with E-state index < -0.39 is 26.4 Å². The van der Waals surface area contributed by atoms with Gasteiger partial charge in [0.05, 0.1) is 11.3 Å². The quantitative estimate of drug-likeness (QED) is 0.785. The second-order valence-electron chi connectivity index (χ2n) is 4.56. The van der Waals surface area contributed by atoms with Crippen LogP contribution in [0.3, 0.4) is 0 Å². The van der Waals surface area contributed by atoms with E-state index in [4.69, 9.17) is 0 Å². The van der Waals surface area contributed by atoms with Gasteiger partial charge in [-0.05, 0) is 17.7 Å². The summed E-state index contributed by atoms with van der Waals surface area (Å²) in [5, 5.41) is 8.29. The summed E-state index contributed by atoms with van der Waals surface area (Å²) < 4.78 is 24.9. The molecule has 0 aliphatic heterocycles. The van der Waals surface area contributed by atoms with Gasteiger partial charge in [0, 0.05) is 16.1 Å². The van der Waals surface area contributed by atoms with E-state index >= 15 is 0 Å². The Morgan fingerprint density at radius 2 is 2.00 bits per heavy atom. The van der Waals surface area contributed by atoms with Crippen molar-refractivity contribution in [3.63, 3.8) is 0 Å². The zero-order valence-electron chi connectivity index (χ0n) is 10.2. The van der Waals surface area contributed by atoms with E-state index in [1.807, 2.05) is 6.07 Å². The lowest BCUT2D eigenvalue weighted by molar-refractivity contribution is -0.110. The van der Waals surface area contributed by atoms with E-state index in [0.29, 0.717) is 11.8 Å². The van der Waals surface area contributed by atoms with Gasteiger partial charge in [0.15, 0.2) is 9.84 Å². The van der Waals surface area contributed by atoms with Gasteiger partial charge in [0.2, 0.25) is 0 Å². The Hall–Kier alpha value is -1.19. The van der Waals surface area contributed by atoms with Gasteiger partial charge in [-0.3, -0.25) is 0 Å². The summed E-state index contributed by atoms with van der Waals surface area (Å²) in [6.07, 6.45) is 0.484. The van der Waals surface area contributed by atoms with E-state index in [1.165, 1.54) is 6.92 Å². The van der Waals surface area contributed by atoms with Gasteiger partial charge < -0.3 is 4.79 Å². The first-order chi connectivity index (χ1) is 8.93. The van der Waals surface area contributed by atoms with Crippen molar-refractivity contribution in [2.45, 2.75) is 18.1 Å². The topological polar surface area (TPSA) is 75.0 Å². The van der Waals surface area contributed by atoms with Gasteiger partial charge in [-0.2, -0.15) is 5.26 Å². The zero-order valence-corrected chi connectivity index (χ0v) is 12.6. The summed E-state index contributed by atoms with van der Waals surface area (Å²) in [4.78, 5) is 11.2. The highest BCUT2D eigenvalue weighted by Crippen LogP contribution is 2.61. The highest BCUT2D eigenvalue weighted by molar-refractivity contribution is 9.10. The molecule has 19 heavy (non-hydrogen) atoms. The summed E-state index contributed by atoms with van der Waals surface area (Å²) >= 11 is 3.29. The number of halogens is 1. The molecule has 1 aromatic rings. The molecule has 1 fully saturated rings. The van der Waals surface area contributed by atoms with Crippen molar-refractivity contribution < 1.29 is 13.2 Å². The van der Waals surface area contributed by atoms with E-state index in [9.17, 15) is 18.5 Å². The molecule has 0 spiro atoms. The predicted molar refractivity (Wildman–Crippen MR) is 74.2 cm³/mol. The van der Waals surface area contributed by atoms with Crippen molar-refractivity contribution in [3.8, 4) is 6.07 Å². The number of hydrogen-bond donors (Lipinski definition) is 0. The lowest BCUT2D eigenvalue weighted by Gasteiger charge is -2.00. The van der Waals surface area contributed by atoms with Crippen LogP contribution in [0, 0.1) is 16.7 Å². The standard InChI is InChI=1S/C13H12BrNO3S/c1-2-19(17,18)12-11(13(12,7-15)8-16)9-3-5-10(14)6-4-9/h3-6,8,11-12H,2H2,1H3/t11-,12-,13+/m0/s1. The molecule has 1 aliphatic carbocycles. The number of nitrogens with zero attached hydrogens (tertiary/aromatic N) is 1. The fourth-order valence-electron chi connectivity index (χ4n) is 2.48. The lowest BCUT2D eigenvalue weighted by atomic mass is 10.0. The molecule has 1 aliphatic rings. The molecule has 0 unspecified atom stereocenters. The molecule has 0 saturated heterocycles. The molecule has 0 radical (unpaired) electrons. The monoisotopic (exact) mass is 341 g/mol. The zero-order chi connectivity index (χ0) is 14.3. The molecule has 4 nitrogen and oxygen atoms in total.